The Balaban J connectivity index is 2.47. The van der Waals surface area contributed by atoms with E-state index in [9.17, 15) is 4.39 Å². The van der Waals surface area contributed by atoms with Crippen molar-refractivity contribution in [3.63, 3.8) is 0 Å². The molecule has 0 amide bonds. The lowest BCUT2D eigenvalue weighted by Crippen LogP contribution is -2.41. The van der Waals surface area contributed by atoms with E-state index < -0.39 is 0 Å². The molecule has 1 aromatic carbocycles. The Morgan fingerprint density at radius 1 is 1.26 bits per heavy atom. The Labute approximate surface area is 116 Å². The van der Waals surface area contributed by atoms with E-state index in [1.54, 1.807) is 12.1 Å². The van der Waals surface area contributed by atoms with Gasteiger partial charge in [0, 0.05) is 17.6 Å². The van der Waals surface area contributed by atoms with Gasteiger partial charge in [-0.2, -0.15) is 0 Å². The maximum Gasteiger partial charge on any atom is 0.128 e. The molecule has 1 atom stereocenters. The normalized spacial score (nSPS) is 13.5. The van der Waals surface area contributed by atoms with Crippen LogP contribution in [0, 0.1) is 5.82 Å². The molecule has 0 fully saturated rings. The molecule has 0 aliphatic carbocycles. The molecule has 0 spiro atoms. The SMILES string of the molecule is CCCC(CNC(C)(C)C)OCc1ccccc1F. The number of ether oxygens (including phenoxy) is 1. The lowest BCUT2D eigenvalue weighted by molar-refractivity contribution is 0.0296. The van der Waals surface area contributed by atoms with Crippen molar-refractivity contribution in [3.8, 4) is 0 Å². The molecule has 1 rings (SSSR count). The third-order valence-electron chi connectivity index (χ3n) is 2.90. The summed E-state index contributed by atoms with van der Waals surface area (Å²) >= 11 is 0. The fourth-order valence-corrected chi connectivity index (χ4v) is 1.81. The first-order valence-electron chi connectivity index (χ1n) is 7.02. The number of benzene rings is 1. The molecule has 0 heterocycles. The van der Waals surface area contributed by atoms with Gasteiger partial charge in [0.05, 0.1) is 12.7 Å². The van der Waals surface area contributed by atoms with Gasteiger partial charge in [-0.05, 0) is 33.3 Å². The first-order chi connectivity index (χ1) is 8.92. The van der Waals surface area contributed by atoms with E-state index in [2.05, 4.69) is 33.0 Å². The molecule has 0 bridgehead atoms. The summed E-state index contributed by atoms with van der Waals surface area (Å²) in [5.74, 6) is -0.193. The van der Waals surface area contributed by atoms with Crippen LogP contribution in [0.3, 0.4) is 0 Å². The maximum atomic E-state index is 13.5. The van der Waals surface area contributed by atoms with Gasteiger partial charge < -0.3 is 10.1 Å². The van der Waals surface area contributed by atoms with Gasteiger partial charge in [0.15, 0.2) is 0 Å². The van der Waals surface area contributed by atoms with Gasteiger partial charge in [-0.1, -0.05) is 31.5 Å². The first kappa shape index (κ1) is 16.1. The fourth-order valence-electron chi connectivity index (χ4n) is 1.81. The van der Waals surface area contributed by atoms with Crippen LogP contribution >= 0.6 is 0 Å². The maximum absolute atomic E-state index is 13.5. The van der Waals surface area contributed by atoms with Crippen LogP contribution in [0.25, 0.3) is 0 Å². The Morgan fingerprint density at radius 3 is 2.53 bits per heavy atom. The van der Waals surface area contributed by atoms with E-state index in [0.717, 1.165) is 19.4 Å². The summed E-state index contributed by atoms with van der Waals surface area (Å²) in [6, 6.07) is 6.78. The minimum absolute atomic E-state index is 0.0767. The van der Waals surface area contributed by atoms with Crippen LogP contribution in [0.4, 0.5) is 4.39 Å². The molecular formula is C16H26FNO. The molecule has 2 nitrogen and oxygen atoms in total. The molecule has 108 valence electrons. The Kier molecular flexibility index (Phi) is 6.46. The highest BCUT2D eigenvalue weighted by Gasteiger charge is 2.14. The van der Waals surface area contributed by atoms with E-state index in [4.69, 9.17) is 4.74 Å². The third kappa shape index (κ3) is 6.69. The van der Waals surface area contributed by atoms with Gasteiger partial charge in [-0.25, -0.2) is 4.39 Å². The number of hydrogen-bond donors (Lipinski definition) is 1. The monoisotopic (exact) mass is 267 g/mol. The standard InChI is InChI=1S/C16H26FNO/c1-5-8-14(11-18-16(2,3)4)19-12-13-9-6-7-10-15(13)17/h6-7,9-10,14,18H,5,8,11-12H2,1-4H3. The summed E-state index contributed by atoms with van der Waals surface area (Å²) in [6.07, 6.45) is 2.18. The third-order valence-corrected chi connectivity index (χ3v) is 2.90. The van der Waals surface area contributed by atoms with Gasteiger partial charge in [-0.3, -0.25) is 0 Å². The van der Waals surface area contributed by atoms with E-state index >= 15 is 0 Å². The molecule has 19 heavy (non-hydrogen) atoms. The van der Waals surface area contributed by atoms with E-state index in [1.165, 1.54) is 6.07 Å². The van der Waals surface area contributed by atoms with Gasteiger partial charge in [0.1, 0.15) is 5.82 Å². The topological polar surface area (TPSA) is 21.3 Å². The second-order valence-corrected chi connectivity index (χ2v) is 5.94. The summed E-state index contributed by atoms with van der Waals surface area (Å²) in [6.45, 7) is 9.66. The average molecular weight is 267 g/mol. The van der Waals surface area contributed by atoms with Gasteiger partial charge in [0.2, 0.25) is 0 Å². The molecule has 0 aliphatic rings. The summed E-state index contributed by atoms with van der Waals surface area (Å²) in [5, 5.41) is 3.44. The highest BCUT2D eigenvalue weighted by Crippen LogP contribution is 2.11. The van der Waals surface area contributed by atoms with Crippen molar-refractivity contribution in [3.05, 3.63) is 35.6 Å². The highest BCUT2D eigenvalue weighted by molar-refractivity contribution is 5.16. The van der Waals surface area contributed by atoms with Crippen molar-refractivity contribution in [1.29, 1.82) is 0 Å². The summed E-state index contributed by atoms with van der Waals surface area (Å²) in [5.41, 5.74) is 0.701. The van der Waals surface area contributed by atoms with Gasteiger partial charge >= 0.3 is 0 Å². The van der Waals surface area contributed by atoms with Crippen LogP contribution in [0.1, 0.15) is 46.1 Å². The first-order valence-corrected chi connectivity index (χ1v) is 7.02. The highest BCUT2D eigenvalue weighted by atomic mass is 19.1. The zero-order chi connectivity index (χ0) is 14.3. The Morgan fingerprint density at radius 2 is 1.95 bits per heavy atom. The lowest BCUT2D eigenvalue weighted by Gasteiger charge is -2.25. The van der Waals surface area contributed by atoms with Crippen molar-refractivity contribution < 1.29 is 9.13 Å². The van der Waals surface area contributed by atoms with Crippen LogP contribution in [0.5, 0.6) is 0 Å². The summed E-state index contributed by atoms with van der Waals surface area (Å²) in [7, 11) is 0. The zero-order valence-electron chi connectivity index (χ0n) is 12.5. The quantitative estimate of drug-likeness (QED) is 0.809. The summed E-state index contributed by atoms with van der Waals surface area (Å²) < 4.78 is 19.3. The van der Waals surface area contributed by atoms with E-state index in [1.807, 2.05) is 6.07 Å². The molecule has 0 aliphatic heterocycles. The van der Waals surface area contributed by atoms with Crippen molar-refractivity contribution >= 4 is 0 Å². The predicted octanol–water partition coefficient (Wildman–Crippen LogP) is 3.90. The molecule has 3 heteroatoms. The van der Waals surface area contributed by atoms with Crippen LogP contribution in [-0.4, -0.2) is 18.2 Å². The van der Waals surface area contributed by atoms with Crippen LogP contribution in [0.15, 0.2) is 24.3 Å². The molecule has 0 aromatic heterocycles. The largest absolute Gasteiger partial charge is 0.372 e. The average Bonchev–Trinajstić information content (AvgIpc) is 2.33. The number of hydrogen-bond acceptors (Lipinski definition) is 2. The molecule has 1 aromatic rings. The van der Waals surface area contributed by atoms with Crippen molar-refractivity contribution in [1.82, 2.24) is 5.32 Å². The molecule has 1 N–H and O–H groups in total. The van der Waals surface area contributed by atoms with Crippen molar-refractivity contribution in [2.75, 3.05) is 6.54 Å². The van der Waals surface area contributed by atoms with E-state index in [-0.39, 0.29) is 17.5 Å². The smallest absolute Gasteiger partial charge is 0.128 e. The van der Waals surface area contributed by atoms with Crippen LogP contribution in [0.2, 0.25) is 0 Å². The van der Waals surface area contributed by atoms with Gasteiger partial charge in [-0.15, -0.1) is 0 Å². The van der Waals surface area contributed by atoms with Crippen LogP contribution < -0.4 is 5.32 Å². The fraction of sp³-hybridized carbons (Fsp3) is 0.625. The number of nitrogens with one attached hydrogen (secondary N) is 1. The van der Waals surface area contributed by atoms with E-state index in [0.29, 0.717) is 12.2 Å². The molecule has 0 saturated carbocycles. The minimum atomic E-state index is -0.193. The predicted molar refractivity (Wildman–Crippen MR) is 77.6 cm³/mol. The molecule has 0 saturated heterocycles. The van der Waals surface area contributed by atoms with Gasteiger partial charge in [0.25, 0.3) is 0 Å². The second-order valence-electron chi connectivity index (χ2n) is 5.94. The van der Waals surface area contributed by atoms with Crippen LogP contribution in [-0.2, 0) is 11.3 Å². The molecule has 0 radical (unpaired) electrons. The second kappa shape index (κ2) is 7.61. The zero-order valence-corrected chi connectivity index (χ0v) is 12.5. The lowest BCUT2D eigenvalue weighted by atomic mass is 10.1. The Hall–Kier alpha value is -0.930. The summed E-state index contributed by atoms with van der Waals surface area (Å²) in [4.78, 5) is 0. The van der Waals surface area contributed by atoms with Crippen molar-refractivity contribution in [2.45, 2.75) is 58.8 Å². The number of rotatable bonds is 7. The molecular weight excluding hydrogens is 241 g/mol. The molecule has 1 unspecified atom stereocenters. The van der Waals surface area contributed by atoms with Crippen molar-refractivity contribution in [2.24, 2.45) is 0 Å². The minimum Gasteiger partial charge on any atom is -0.372 e. The number of halogens is 1. The Bertz CT molecular complexity index is 373.